The van der Waals surface area contributed by atoms with Gasteiger partial charge in [0.15, 0.2) is 0 Å². The molecule has 0 radical (unpaired) electrons. The van der Waals surface area contributed by atoms with Crippen LogP contribution in [-0.2, 0) is 6.42 Å². The van der Waals surface area contributed by atoms with Gasteiger partial charge in [-0.1, -0.05) is 6.92 Å². The summed E-state index contributed by atoms with van der Waals surface area (Å²) in [7, 11) is 4.26. The molecule has 0 bridgehead atoms. The zero-order valence-corrected chi connectivity index (χ0v) is 12.1. The van der Waals surface area contributed by atoms with Crippen molar-refractivity contribution in [2.24, 2.45) is 5.84 Å². The van der Waals surface area contributed by atoms with Gasteiger partial charge >= 0.3 is 0 Å². The van der Waals surface area contributed by atoms with Crippen LogP contribution in [0.25, 0.3) is 0 Å². The van der Waals surface area contributed by atoms with Gasteiger partial charge in [0, 0.05) is 31.6 Å². The molecule has 1 saturated heterocycles. The lowest BCUT2D eigenvalue weighted by atomic mass is 10.2. The second-order valence-electron chi connectivity index (χ2n) is 5.27. The normalized spacial score (nSPS) is 19.2. The molecular formula is C13H24N6. The SMILES string of the molecule is CCCc1nc(NN)cc(N2CCC(N(C)C)C2)n1. The lowest BCUT2D eigenvalue weighted by molar-refractivity contribution is 0.315. The van der Waals surface area contributed by atoms with E-state index in [9.17, 15) is 0 Å². The topological polar surface area (TPSA) is 70.3 Å². The molecule has 1 unspecified atom stereocenters. The predicted molar refractivity (Wildman–Crippen MR) is 78.1 cm³/mol. The van der Waals surface area contributed by atoms with Crippen molar-refractivity contribution in [3.63, 3.8) is 0 Å². The van der Waals surface area contributed by atoms with Crippen LogP contribution in [-0.4, -0.2) is 48.1 Å². The zero-order chi connectivity index (χ0) is 13.8. The summed E-state index contributed by atoms with van der Waals surface area (Å²) < 4.78 is 0. The van der Waals surface area contributed by atoms with Crippen LogP contribution in [0.15, 0.2) is 6.07 Å². The number of hydrogen-bond donors (Lipinski definition) is 2. The highest BCUT2D eigenvalue weighted by Gasteiger charge is 2.25. The number of likely N-dealkylation sites (N-methyl/N-ethyl adjacent to an activating group) is 1. The minimum Gasteiger partial charge on any atom is -0.355 e. The number of nitrogens with zero attached hydrogens (tertiary/aromatic N) is 4. The third kappa shape index (κ3) is 3.33. The molecule has 2 rings (SSSR count). The molecule has 1 aromatic heterocycles. The van der Waals surface area contributed by atoms with Gasteiger partial charge in [-0.25, -0.2) is 15.8 Å². The number of aromatic nitrogens is 2. The quantitative estimate of drug-likeness (QED) is 0.607. The van der Waals surface area contributed by atoms with Crippen LogP contribution in [0, 0.1) is 0 Å². The van der Waals surface area contributed by atoms with E-state index in [1.165, 1.54) is 6.42 Å². The first-order chi connectivity index (χ1) is 9.13. The molecule has 1 aromatic rings. The van der Waals surface area contributed by atoms with E-state index >= 15 is 0 Å². The van der Waals surface area contributed by atoms with Gasteiger partial charge in [-0.3, -0.25) is 0 Å². The van der Waals surface area contributed by atoms with Gasteiger partial charge in [-0.2, -0.15) is 0 Å². The number of nitrogens with two attached hydrogens (primary N) is 1. The van der Waals surface area contributed by atoms with Crippen LogP contribution < -0.4 is 16.2 Å². The van der Waals surface area contributed by atoms with Crippen LogP contribution >= 0.6 is 0 Å². The van der Waals surface area contributed by atoms with Crippen molar-refractivity contribution in [3.8, 4) is 0 Å². The smallest absolute Gasteiger partial charge is 0.145 e. The van der Waals surface area contributed by atoms with E-state index in [4.69, 9.17) is 5.84 Å². The summed E-state index contributed by atoms with van der Waals surface area (Å²) in [5.74, 6) is 8.03. The monoisotopic (exact) mass is 264 g/mol. The van der Waals surface area contributed by atoms with Gasteiger partial charge in [0.2, 0.25) is 0 Å². The number of hydrogen-bond acceptors (Lipinski definition) is 6. The molecule has 2 heterocycles. The number of nitrogen functional groups attached to an aromatic ring is 1. The summed E-state index contributed by atoms with van der Waals surface area (Å²) >= 11 is 0. The second-order valence-corrected chi connectivity index (χ2v) is 5.27. The Bertz CT molecular complexity index is 420. The number of hydrazine groups is 1. The van der Waals surface area contributed by atoms with Gasteiger partial charge < -0.3 is 15.2 Å². The largest absolute Gasteiger partial charge is 0.355 e. The molecule has 1 fully saturated rings. The maximum absolute atomic E-state index is 5.49. The van der Waals surface area contributed by atoms with Gasteiger partial charge in [-0.15, -0.1) is 0 Å². The van der Waals surface area contributed by atoms with Gasteiger partial charge in [0.1, 0.15) is 17.5 Å². The highest BCUT2D eigenvalue weighted by atomic mass is 15.3. The fourth-order valence-electron chi connectivity index (χ4n) is 2.43. The molecular weight excluding hydrogens is 240 g/mol. The molecule has 0 aliphatic carbocycles. The van der Waals surface area contributed by atoms with E-state index in [1.807, 2.05) is 6.07 Å². The molecule has 1 aliphatic rings. The Hall–Kier alpha value is -1.40. The number of aryl methyl sites for hydroxylation is 1. The zero-order valence-electron chi connectivity index (χ0n) is 12.1. The average molecular weight is 264 g/mol. The number of rotatable bonds is 5. The molecule has 0 spiro atoms. The van der Waals surface area contributed by atoms with E-state index in [0.717, 1.165) is 37.6 Å². The lowest BCUT2D eigenvalue weighted by Crippen LogP contribution is -2.32. The highest BCUT2D eigenvalue weighted by Crippen LogP contribution is 2.22. The molecule has 3 N–H and O–H groups in total. The van der Waals surface area contributed by atoms with E-state index in [-0.39, 0.29) is 0 Å². The van der Waals surface area contributed by atoms with Crippen molar-refractivity contribution in [2.45, 2.75) is 32.2 Å². The second kappa shape index (κ2) is 6.16. The third-order valence-corrected chi connectivity index (χ3v) is 3.60. The van der Waals surface area contributed by atoms with Crippen molar-refractivity contribution in [2.75, 3.05) is 37.5 Å². The fraction of sp³-hybridized carbons (Fsp3) is 0.692. The van der Waals surface area contributed by atoms with Crippen LogP contribution in [0.1, 0.15) is 25.6 Å². The van der Waals surface area contributed by atoms with Crippen molar-refractivity contribution >= 4 is 11.6 Å². The number of nitrogens with one attached hydrogen (secondary N) is 1. The molecule has 106 valence electrons. The Morgan fingerprint density at radius 2 is 2.26 bits per heavy atom. The summed E-state index contributed by atoms with van der Waals surface area (Å²) in [6, 6.07) is 2.52. The number of anilines is 2. The summed E-state index contributed by atoms with van der Waals surface area (Å²) in [4.78, 5) is 13.6. The van der Waals surface area contributed by atoms with Crippen molar-refractivity contribution in [3.05, 3.63) is 11.9 Å². The first-order valence-corrected chi connectivity index (χ1v) is 6.90. The molecule has 1 aliphatic heterocycles. The van der Waals surface area contributed by atoms with E-state index < -0.39 is 0 Å². The maximum Gasteiger partial charge on any atom is 0.145 e. The van der Waals surface area contributed by atoms with Gasteiger partial charge in [0.05, 0.1) is 0 Å². The summed E-state index contributed by atoms with van der Waals surface area (Å²) in [5.41, 5.74) is 2.64. The molecule has 19 heavy (non-hydrogen) atoms. The van der Waals surface area contributed by atoms with E-state index in [2.05, 4.69) is 46.2 Å². The maximum atomic E-state index is 5.49. The molecule has 0 aromatic carbocycles. The Labute approximate surface area is 115 Å². The Morgan fingerprint density at radius 3 is 2.84 bits per heavy atom. The van der Waals surface area contributed by atoms with E-state index in [0.29, 0.717) is 11.9 Å². The molecule has 0 saturated carbocycles. The third-order valence-electron chi connectivity index (χ3n) is 3.60. The molecule has 1 atom stereocenters. The Balaban J connectivity index is 2.17. The highest BCUT2D eigenvalue weighted by molar-refractivity contribution is 5.49. The summed E-state index contributed by atoms with van der Waals surface area (Å²) in [6.07, 6.45) is 3.09. The van der Waals surface area contributed by atoms with Gasteiger partial charge in [0.25, 0.3) is 0 Å². The van der Waals surface area contributed by atoms with Crippen LogP contribution in [0.5, 0.6) is 0 Å². The van der Waals surface area contributed by atoms with Crippen LogP contribution in [0.3, 0.4) is 0 Å². The Morgan fingerprint density at radius 1 is 1.47 bits per heavy atom. The molecule has 0 amide bonds. The summed E-state index contributed by atoms with van der Waals surface area (Å²) in [6.45, 7) is 4.18. The van der Waals surface area contributed by atoms with E-state index in [1.54, 1.807) is 0 Å². The van der Waals surface area contributed by atoms with Crippen molar-refractivity contribution in [1.29, 1.82) is 0 Å². The van der Waals surface area contributed by atoms with Crippen molar-refractivity contribution in [1.82, 2.24) is 14.9 Å². The average Bonchev–Trinajstić information content (AvgIpc) is 2.88. The minimum atomic E-state index is 0.596. The fourth-order valence-corrected chi connectivity index (χ4v) is 2.43. The molecule has 6 heteroatoms. The van der Waals surface area contributed by atoms with Crippen LogP contribution in [0.4, 0.5) is 11.6 Å². The first-order valence-electron chi connectivity index (χ1n) is 6.90. The van der Waals surface area contributed by atoms with Crippen LogP contribution in [0.2, 0.25) is 0 Å². The predicted octanol–water partition coefficient (Wildman–Crippen LogP) is 0.855. The van der Waals surface area contributed by atoms with Gasteiger partial charge in [-0.05, 0) is 26.9 Å². The first kappa shape index (κ1) is 14.0. The summed E-state index contributed by atoms with van der Waals surface area (Å²) in [5, 5.41) is 0. The Kier molecular flexibility index (Phi) is 4.55. The minimum absolute atomic E-state index is 0.596. The lowest BCUT2D eigenvalue weighted by Gasteiger charge is -2.21. The molecule has 6 nitrogen and oxygen atoms in total. The van der Waals surface area contributed by atoms with Crippen molar-refractivity contribution < 1.29 is 0 Å². The standard InChI is InChI=1S/C13H24N6/c1-4-5-11-15-12(17-14)8-13(16-11)19-7-6-10(9-19)18(2)3/h8,10H,4-7,9,14H2,1-3H3,(H,15,16,17).